The maximum atomic E-state index is 10.4. The molecule has 0 fully saturated rings. The average Bonchev–Trinajstić information content (AvgIpc) is 2.47. The molecule has 2 nitrogen and oxygen atoms in total. The van der Waals surface area contributed by atoms with Crippen LogP contribution < -0.4 is 0 Å². The van der Waals surface area contributed by atoms with Gasteiger partial charge in [-0.25, -0.2) is 0 Å². The van der Waals surface area contributed by atoms with E-state index in [-0.39, 0.29) is 0 Å². The molecule has 0 unspecified atom stereocenters. The molecule has 0 bridgehead atoms. The summed E-state index contributed by atoms with van der Waals surface area (Å²) in [6, 6.07) is 17.8. The number of aliphatic hydroxyl groups is 1. The Hall–Kier alpha value is -2.19. The van der Waals surface area contributed by atoms with Crippen LogP contribution in [-0.4, -0.2) is 10.1 Å². The lowest BCUT2D eigenvalue weighted by molar-refractivity contribution is 0.221. The van der Waals surface area contributed by atoms with E-state index in [4.69, 9.17) is 0 Å². The minimum Gasteiger partial charge on any atom is -0.384 e. The molecule has 1 heterocycles. The fourth-order valence-electron chi connectivity index (χ4n) is 2.21. The first-order valence-corrected chi connectivity index (χ1v) is 5.92. The van der Waals surface area contributed by atoms with Gasteiger partial charge in [-0.3, -0.25) is 4.98 Å². The largest absolute Gasteiger partial charge is 0.384 e. The van der Waals surface area contributed by atoms with Crippen molar-refractivity contribution in [1.29, 1.82) is 0 Å². The summed E-state index contributed by atoms with van der Waals surface area (Å²) in [5, 5.41) is 12.7. The molecule has 1 aromatic heterocycles. The number of rotatable bonds is 2. The highest BCUT2D eigenvalue weighted by Gasteiger charge is 2.12. The summed E-state index contributed by atoms with van der Waals surface area (Å²) in [6.07, 6.45) is 2.77. The van der Waals surface area contributed by atoms with Crippen LogP contribution in [0.2, 0.25) is 0 Å². The maximum absolute atomic E-state index is 10.4. The van der Waals surface area contributed by atoms with Crippen LogP contribution in [0.3, 0.4) is 0 Å². The zero-order chi connectivity index (χ0) is 12.4. The van der Waals surface area contributed by atoms with Gasteiger partial charge in [0.05, 0.1) is 0 Å². The number of nitrogens with zero attached hydrogens (tertiary/aromatic N) is 1. The molecular formula is C16H13NO. The number of benzene rings is 2. The van der Waals surface area contributed by atoms with E-state index in [0.29, 0.717) is 0 Å². The molecule has 1 atom stereocenters. The monoisotopic (exact) mass is 235 g/mol. The van der Waals surface area contributed by atoms with Gasteiger partial charge in [-0.05, 0) is 22.4 Å². The van der Waals surface area contributed by atoms with Crippen molar-refractivity contribution in [2.45, 2.75) is 6.10 Å². The molecule has 0 saturated carbocycles. The standard InChI is InChI=1S/C16H13NO/c18-16(13-7-4-10-17-11-13)15-9-3-6-12-5-1-2-8-14(12)15/h1-11,16,18H/t16-/m0/s1. The third-order valence-corrected chi connectivity index (χ3v) is 3.12. The van der Waals surface area contributed by atoms with Crippen molar-refractivity contribution < 1.29 is 5.11 Å². The molecule has 0 saturated heterocycles. The number of pyridine rings is 1. The molecule has 2 aromatic carbocycles. The van der Waals surface area contributed by atoms with Crippen LogP contribution in [0.4, 0.5) is 0 Å². The minimum absolute atomic E-state index is 0.634. The van der Waals surface area contributed by atoms with Crippen molar-refractivity contribution in [3.8, 4) is 0 Å². The highest BCUT2D eigenvalue weighted by atomic mass is 16.3. The summed E-state index contributed by atoms with van der Waals surface area (Å²) in [5.74, 6) is 0. The lowest BCUT2D eigenvalue weighted by Crippen LogP contribution is -2.00. The number of aliphatic hydroxyl groups excluding tert-OH is 1. The van der Waals surface area contributed by atoms with E-state index in [1.165, 1.54) is 0 Å². The van der Waals surface area contributed by atoms with Gasteiger partial charge in [0.15, 0.2) is 0 Å². The molecule has 3 rings (SSSR count). The third kappa shape index (κ3) is 1.87. The van der Waals surface area contributed by atoms with E-state index in [1.54, 1.807) is 12.4 Å². The van der Waals surface area contributed by atoms with Gasteiger partial charge >= 0.3 is 0 Å². The minimum atomic E-state index is -0.634. The Morgan fingerprint density at radius 2 is 1.72 bits per heavy atom. The number of hydrogen-bond acceptors (Lipinski definition) is 2. The SMILES string of the molecule is O[C@@H](c1cccnc1)c1cccc2ccccc12. The Bertz CT molecular complexity index is 659. The van der Waals surface area contributed by atoms with E-state index in [9.17, 15) is 5.11 Å². The molecule has 18 heavy (non-hydrogen) atoms. The smallest absolute Gasteiger partial charge is 0.106 e. The normalized spacial score (nSPS) is 12.5. The Labute approximate surface area is 106 Å². The fraction of sp³-hybridized carbons (Fsp3) is 0.0625. The van der Waals surface area contributed by atoms with Crippen LogP contribution >= 0.6 is 0 Å². The summed E-state index contributed by atoms with van der Waals surface area (Å²) in [5.41, 5.74) is 1.73. The predicted molar refractivity (Wildman–Crippen MR) is 72.2 cm³/mol. The molecule has 0 aliphatic carbocycles. The zero-order valence-electron chi connectivity index (χ0n) is 9.82. The van der Waals surface area contributed by atoms with E-state index < -0.39 is 6.10 Å². The third-order valence-electron chi connectivity index (χ3n) is 3.12. The van der Waals surface area contributed by atoms with Gasteiger partial charge in [-0.2, -0.15) is 0 Å². The highest BCUT2D eigenvalue weighted by Crippen LogP contribution is 2.28. The van der Waals surface area contributed by atoms with Gasteiger partial charge in [0.2, 0.25) is 0 Å². The van der Waals surface area contributed by atoms with Gasteiger partial charge in [0, 0.05) is 18.0 Å². The molecule has 0 amide bonds. The second-order valence-electron chi connectivity index (χ2n) is 4.26. The van der Waals surface area contributed by atoms with Crippen molar-refractivity contribution in [3.05, 3.63) is 78.1 Å². The maximum Gasteiger partial charge on any atom is 0.106 e. The Morgan fingerprint density at radius 3 is 2.56 bits per heavy atom. The summed E-state index contributed by atoms with van der Waals surface area (Å²) in [7, 11) is 0. The van der Waals surface area contributed by atoms with Crippen LogP contribution in [0.15, 0.2) is 67.0 Å². The quantitative estimate of drug-likeness (QED) is 0.739. The molecule has 1 N–H and O–H groups in total. The number of hydrogen-bond donors (Lipinski definition) is 1. The van der Waals surface area contributed by atoms with E-state index in [1.807, 2.05) is 42.5 Å². The van der Waals surface area contributed by atoms with Crippen molar-refractivity contribution >= 4 is 10.8 Å². The van der Waals surface area contributed by atoms with Gasteiger partial charge in [-0.15, -0.1) is 0 Å². The molecule has 2 heteroatoms. The Kier molecular flexibility index (Phi) is 2.79. The van der Waals surface area contributed by atoms with Gasteiger partial charge < -0.3 is 5.11 Å². The van der Waals surface area contributed by atoms with Gasteiger partial charge in [0.25, 0.3) is 0 Å². The van der Waals surface area contributed by atoms with Gasteiger partial charge in [-0.1, -0.05) is 48.5 Å². The van der Waals surface area contributed by atoms with Crippen LogP contribution in [0.25, 0.3) is 10.8 Å². The van der Waals surface area contributed by atoms with Crippen molar-refractivity contribution in [1.82, 2.24) is 4.98 Å². The zero-order valence-corrected chi connectivity index (χ0v) is 9.82. The first kappa shape index (κ1) is 10.9. The fourth-order valence-corrected chi connectivity index (χ4v) is 2.21. The predicted octanol–water partition coefficient (Wildman–Crippen LogP) is 3.32. The average molecular weight is 235 g/mol. The second kappa shape index (κ2) is 4.59. The summed E-state index contributed by atoms with van der Waals surface area (Å²) >= 11 is 0. The molecule has 0 aliphatic rings. The lowest BCUT2D eigenvalue weighted by Gasteiger charge is -2.13. The lowest BCUT2D eigenvalue weighted by atomic mass is 9.97. The highest BCUT2D eigenvalue weighted by molar-refractivity contribution is 5.86. The van der Waals surface area contributed by atoms with Crippen LogP contribution in [-0.2, 0) is 0 Å². The van der Waals surface area contributed by atoms with Gasteiger partial charge in [0.1, 0.15) is 6.10 Å². The first-order valence-electron chi connectivity index (χ1n) is 5.92. The van der Waals surface area contributed by atoms with Crippen LogP contribution in [0.1, 0.15) is 17.2 Å². The molecule has 3 aromatic rings. The Morgan fingerprint density at radius 1 is 0.889 bits per heavy atom. The van der Waals surface area contributed by atoms with Crippen LogP contribution in [0, 0.1) is 0 Å². The molecule has 0 aliphatic heterocycles. The molecular weight excluding hydrogens is 222 g/mol. The Balaban J connectivity index is 2.15. The van der Waals surface area contributed by atoms with Crippen molar-refractivity contribution in [3.63, 3.8) is 0 Å². The molecule has 88 valence electrons. The topological polar surface area (TPSA) is 33.1 Å². The summed E-state index contributed by atoms with van der Waals surface area (Å²) < 4.78 is 0. The molecule has 0 radical (unpaired) electrons. The number of aromatic nitrogens is 1. The van der Waals surface area contributed by atoms with Crippen molar-refractivity contribution in [2.24, 2.45) is 0 Å². The van der Waals surface area contributed by atoms with Crippen molar-refractivity contribution in [2.75, 3.05) is 0 Å². The molecule has 0 spiro atoms. The second-order valence-corrected chi connectivity index (χ2v) is 4.26. The summed E-state index contributed by atoms with van der Waals surface area (Å²) in [6.45, 7) is 0. The van der Waals surface area contributed by atoms with E-state index in [2.05, 4.69) is 17.1 Å². The summed E-state index contributed by atoms with van der Waals surface area (Å²) in [4.78, 5) is 4.05. The number of fused-ring (bicyclic) bond motifs is 1. The van der Waals surface area contributed by atoms with E-state index >= 15 is 0 Å². The van der Waals surface area contributed by atoms with E-state index in [0.717, 1.165) is 21.9 Å². The van der Waals surface area contributed by atoms with Crippen LogP contribution in [0.5, 0.6) is 0 Å². The first-order chi connectivity index (χ1) is 8.86.